The molecule has 4 aliphatic rings. The lowest BCUT2D eigenvalue weighted by atomic mass is 9.68. The Morgan fingerprint density at radius 3 is 1.18 bits per heavy atom. The van der Waals surface area contributed by atoms with Crippen LogP contribution in [0.5, 0.6) is 0 Å². The van der Waals surface area contributed by atoms with Gasteiger partial charge in [0, 0.05) is 11.1 Å². The molecule has 4 aliphatic carbocycles. The maximum Gasteiger partial charge on any atom is 0.333 e. The maximum absolute atomic E-state index is 11.9. The standard InChI is InChI=1S/C28H42O5/c1-17(2)27(29)32-25-11-7-19-13-23(9-5-21(19)15-25)31-24-10-6-22-16-26(12-8-20(22)14-24)33-28(30)18(3)4/h19-26H,1,3,5-16H2,2,4H3. The van der Waals surface area contributed by atoms with Gasteiger partial charge in [0.05, 0.1) is 12.2 Å². The minimum Gasteiger partial charge on any atom is -0.459 e. The van der Waals surface area contributed by atoms with Gasteiger partial charge in [-0.2, -0.15) is 0 Å². The van der Waals surface area contributed by atoms with E-state index >= 15 is 0 Å². The molecule has 0 amide bonds. The molecule has 0 aromatic rings. The van der Waals surface area contributed by atoms with Crippen LogP contribution in [0.2, 0.25) is 0 Å². The summed E-state index contributed by atoms with van der Waals surface area (Å²) in [5.41, 5.74) is 0.982. The topological polar surface area (TPSA) is 61.8 Å². The monoisotopic (exact) mass is 458 g/mol. The van der Waals surface area contributed by atoms with Crippen molar-refractivity contribution in [1.29, 1.82) is 0 Å². The van der Waals surface area contributed by atoms with Crippen molar-refractivity contribution in [2.24, 2.45) is 23.7 Å². The first-order valence-electron chi connectivity index (χ1n) is 13.2. The number of esters is 2. The molecule has 0 aliphatic heterocycles. The average Bonchev–Trinajstić information content (AvgIpc) is 2.79. The van der Waals surface area contributed by atoms with Gasteiger partial charge in [-0.15, -0.1) is 0 Å². The summed E-state index contributed by atoms with van der Waals surface area (Å²) in [7, 11) is 0. The molecule has 5 nitrogen and oxygen atoms in total. The average molecular weight is 459 g/mol. The van der Waals surface area contributed by atoms with Crippen LogP contribution in [0.4, 0.5) is 0 Å². The lowest BCUT2D eigenvalue weighted by Crippen LogP contribution is -2.41. The quantitative estimate of drug-likeness (QED) is 0.365. The molecule has 0 aromatic carbocycles. The van der Waals surface area contributed by atoms with E-state index in [4.69, 9.17) is 14.2 Å². The zero-order valence-electron chi connectivity index (χ0n) is 20.6. The van der Waals surface area contributed by atoms with Gasteiger partial charge in [-0.3, -0.25) is 0 Å². The van der Waals surface area contributed by atoms with E-state index in [0.29, 0.717) is 47.0 Å². The second-order valence-electron chi connectivity index (χ2n) is 11.3. The lowest BCUT2D eigenvalue weighted by molar-refractivity contribution is -0.149. The van der Waals surface area contributed by atoms with E-state index in [0.717, 1.165) is 64.2 Å². The molecular weight excluding hydrogens is 416 g/mol. The summed E-state index contributed by atoms with van der Waals surface area (Å²) in [5, 5.41) is 0. The third-order valence-corrected chi connectivity index (χ3v) is 8.66. The van der Waals surface area contributed by atoms with E-state index in [1.54, 1.807) is 13.8 Å². The van der Waals surface area contributed by atoms with Gasteiger partial charge in [0.2, 0.25) is 0 Å². The minimum atomic E-state index is -0.242. The van der Waals surface area contributed by atoms with Gasteiger partial charge in [0.15, 0.2) is 0 Å². The summed E-state index contributed by atoms with van der Waals surface area (Å²) in [6.45, 7) is 10.8. The van der Waals surface area contributed by atoms with Crippen molar-refractivity contribution in [1.82, 2.24) is 0 Å². The molecule has 8 atom stereocenters. The van der Waals surface area contributed by atoms with Crippen molar-refractivity contribution in [3.63, 3.8) is 0 Å². The largest absolute Gasteiger partial charge is 0.459 e. The highest BCUT2D eigenvalue weighted by Crippen LogP contribution is 2.45. The number of ether oxygens (including phenoxy) is 3. The predicted molar refractivity (Wildman–Crippen MR) is 127 cm³/mol. The molecule has 0 aromatic heterocycles. The normalized spacial score (nSPS) is 38.4. The molecule has 184 valence electrons. The lowest BCUT2D eigenvalue weighted by Gasteiger charge is -2.45. The summed E-state index contributed by atoms with van der Waals surface area (Å²) in [5.74, 6) is 2.25. The SMILES string of the molecule is C=C(C)C(=O)OC1CCC2CC(OC3CCC4CC(OC(=O)C(=C)C)CCC4C3)CCC2C1. The zero-order valence-corrected chi connectivity index (χ0v) is 20.6. The van der Waals surface area contributed by atoms with Crippen molar-refractivity contribution in [3.05, 3.63) is 24.3 Å². The molecule has 0 radical (unpaired) electrons. The second kappa shape index (κ2) is 10.8. The number of carbonyl (C=O) groups excluding carboxylic acids is 2. The number of hydrogen-bond donors (Lipinski definition) is 0. The molecule has 0 heterocycles. The minimum absolute atomic E-state index is 0.0630. The van der Waals surface area contributed by atoms with Crippen molar-refractivity contribution in [3.8, 4) is 0 Å². The number of hydrogen-bond acceptors (Lipinski definition) is 5. The van der Waals surface area contributed by atoms with Crippen LogP contribution in [0.1, 0.15) is 90.9 Å². The Morgan fingerprint density at radius 1 is 0.545 bits per heavy atom. The fraction of sp³-hybridized carbons (Fsp3) is 0.786. The van der Waals surface area contributed by atoms with Crippen LogP contribution in [-0.2, 0) is 23.8 Å². The first kappa shape index (κ1) is 24.5. The number of fused-ring (bicyclic) bond motifs is 2. The van der Waals surface area contributed by atoms with Gasteiger partial charge < -0.3 is 14.2 Å². The van der Waals surface area contributed by atoms with Gasteiger partial charge in [-0.1, -0.05) is 13.2 Å². The van der Waals surface area contributed by atoms with E-state index < -0.39 is 0 Å². The molecule has 4 rings (SSSR count). The molecule has 0 N–H and O–H groups in total. The van der Waals surface area contributed by atoms with Gasteiger partial charge in [-0.25, -0.2) is 9.59 Å². The van der Waals surface area contributed by atoms with E-state index in [1.807, 2.05) is 0 Å². The van der Waals surface area contributed by atoms with Gasteiger partial charge in [0.25, 0.3) is 0 Å². The second-order valence-corrected chi connectivity index (χ2v) is 11.3. The van der Waals surface area contributed by atoms with Gasteiger partial charge >= 0.3 is 11.9 Å². The molecule has 33 heavy (non-hydrogen) atoms. The summed E-state index contributed by atoms with van der Waals surface area (Å²) in [6.07, 6.45) is 14.1. The zero-order chi connectivity index (χ0) is 23.5. The van der Waals surface area contributed by atoms with E-state index in [1.165, 1.54) is 12.8 Å². The first-order chi connectivity index (χ1) is 15.8. The Bertz CT molecular complexity index is 695. The third kappa shape index (κ3) is 6.29. The highest BCUT2D eigenvalue weighted by molar-refractivity contribution is 5.87. The molecule has 5 heteroatoms. The molecule has 8 unspecified atom stereocenters. The Morgan fingerprint density at radius 2 is 0.848 bits per heavy atom. The van der Waals surface area contributed by atoms with Crippen molar-refractivity contribution >= 4 is 11.9 Å². The molecule has 0 bridgehead atoms. The Hall–Kier alpha value is -1.62. The highest BCUT2D eigenvalue weighted by Gasteiger charge is 2.40. The molecule has 0 saturated heterocycles. The fourth-order valence-corrected chi connectivity index (χ4v) is 6.84. The first-order valence-corrected chi connectivity index (χ1v) is 13.2. The van der Waals surface area contributed by atoms with Crippen molar-refractivity contribution in [2.75, 3.05) is 0 Å². The van der Waals surface area contributed by atoms with Crippen LogP contribution < -0.4 is 0 Å². The van der Waals surface area contributed by atoms with Crippen molar-refractivity contribution in [2.45, 2.75) is 115 Å². The van der Waals surface area contributed by atoms with Crippen LogP contribution in [-0.4, -0.2) is 36.4 Å². The molecule has 0 spiro atoms. The van der Waals surface area contributed by atoms with E-state index in [2.05, 4.69) is 13.2 Å². The summed E-state index contributed by atoms with van der Waals surface area (Å²) >= 11 is 0. The third-order valence-electron chi connectivity index (χ3n) is 8.66. The number of carbonyl (C=O) groups is 2. The predicted octanol–water partition coefficient (Wildman–Crippen LogP) is 5.92. The Kier molecular flexibility index (Phi) is 7.99. The van der Waals surface area contributed by atoms with Gasteiger partial charge in [0.1, 0.15) is 12.2 Å². The number of rotatable bonds is 6. The molecule has 4 saturated carbocycles. The van der Waals surface area contributed by atoms with Crippen LogP contribution in [0.15, 0.2) is 24.3 Å². The molecular formula is C28H42O5. The van der Waals surface area contributed by atoms with E-state index in [-0.39, 0.29) is 24.1 Å². The van der Waals surface area contributed by atoms with Crippen LogP contribution in [0.25, 0.3) is 0 Å². The Labute approximate surface area is 199 Å². The van der Waals surface area contributed by atoms with Crippen LogP contribution in [0.3, 0.4) is 0 Å². The fourth-order valence-electron chi connectivity index (χ4n) is 6.84. The van der Waals surface area contributed by atoms with Gasteiger partial charge in [-0.05, 0) is 115 Å². The Balaban J connectivity index is 1.19. The van der Waals surface area contributed by atoms with Crippen LogP contribution in [0, 0.1) is 23.7 Å². The van der Waals surface area contributed by atoms with Crippen LogP contribution >= 0.6 is 0 Å². The van der Waals surface area contributed by atoms with Crippen molar-refractivity contribution < 1.29 is 23.8 Å². The summed E-state index contributed by atoms with van der Waals surface area (Å²) in [4.78, 5) is 23.7. The maximum atomic E-state index is 11.9. The summed E-state index contributed by atoms with van der Waals surface area (Å²) < 4.78 is 18.0. The molecule has 4 fully saturated rings. The summed E-state index contributed by atoms with van der Waals surface area (Å²) in [6, 6.07) is 0. The van der Waals surface area contributed by atoms with E-state index in [9.17, 15) is 9.59 Å². The smallest absolute Gasteiger partial charge is 0.333 e. The highest BCUT2D eigenvalue weighted by atomic mass is 16.5.